The molecule has 1 heterocycles. The molecule has 0 spiro atoms. The van der Waals surface area contributed by atoms with Crippen molar-refractivity contribution >= 4 is 17.6 Å². The quantitative estimate of drug-likeness (QED) is 0.684. The van der Waals surface area contributed by atoms with Gasteiger partial charge in [-0.2, -0.15) is 0 Å². The van der Waals surface area contributed by atoms with Gasteiger partial charge in [0.2, 0.25) is 0 Å². The summed E-state index contributed by atoms with van der Waals surface area (Å²) in [4.78, 5) is 15.1. The van der Waals surface area contributed by atoms with Crippen LogP contribution in [0.25, 0.3) is 0 Å². The van der Waals surface area contributed by atoms with Gasteiger partial charge in [0.1, 0.15) is 0 Å². The van der Waals surface area contributed by atoms with E-state index in [4.69, 9.17) is 5.11 Å². The molecule has 0 aliphatic rings. The lowest BCUT2D eigenvalue weighted by molar-refractivity contribution is 0.112. The average Bonchev–Trinajstić information content (AvgIpc) is 2.32. The third kappa shape index (κ3) is 1.85. The van der Waals surface area contributed by atoms with Gasteiger partial charge in [0.05, 0.1) is 15.6 Å². The van der Waals surface area contributed by atoms with Crippen LogP contribution in [0, 0.1) is 6.92 Å². The Labute approximate surface area is 68.7 Å². The van der Waals surface area contributed by atoms with Gasteiger partial charge in [-0.1, -0.05) is 0 Å². The van der Waals surface area contributed by atoms with Gasteiger partial charge in [0.15, 0.2) is 6.29 Å². The molecule has 0 atom stereocenters. The van der Waals surface area contributed by atoms with E-state index in [2.05, 4.69) is 4.98 Å². The number of carbonyl (C=O) groups excluding carboxylic acids is 1. The van der Waals surface area contributed by atoms with E-state index in [0.717, 1.165) is 11.3 Å². The average molecular weight is 171 g/mol. The number of carbonyl (C=O) groups is 1. The van der Waals surface area contributed by atoms with Crippen molar-refractivity contribution in [1.82, 2.24) is 4.98 Å². The van der Waals surface area contributed by atoms with Gasteiger partial charge in [0, 0.05) is 13.0 Å². The first-order valence-electron chi connectivity index (χ1n) is 3.30. The molecular weight excluding hydrogens is 162 g/mol. The predicted molar refractivity (Wildman–Crippen MR) is 43.0 cm³/mol. The van der Waals surface area contributed by atoms with Crippen LogP contribution in [0.2, 0.25) is 0 Å². The maximum Gasteiger partial charge on any atom is 0.161 e. The van der Waals surface area contributed by atoms with Crippen molar-refractivity contribution in [3.63, 3.8) is 0 Å². The Morgan fingerprint density at radius 1 is 1.73 bits per heavy atom. The minimum atomic E-state index is 0.0456. The Morgan fingerprint density at radius 3 is 3.00 bits per heavy atom. The fourth-order valence-electron chi connectivity index (χ4n) is 0.863. The van der Waals surface area contributed by atoms with Gasteiger partial charge in [-0.15, -0.1) is 11.3 Å². The van der Waals surface area contributed by atoms with Gasteiger partial charge >= 0.3 is 0 Å². The molecule has 60 valence electrons. The monoisotopic (exact) mass is 171 g/mol. The van der Waals surface area contributed by atoms with Crippen LogP contribution in [0.3, 0.4) is 0 Å². The maximum atomic E-state index is 10.4. The van der Waals surface area contributed by atoms with Crippen molar-refractivity contribution in [2.75, 3.05) is 6.61 Å². The van der Waals surface area contributed by atoms with Crippen LogP contribution in [0.4, 0.5) is 0 Å². The maximum absolute atomic E-state index is 10.4. The largest absolute Gasteiger partial charge is 0.396 e. The van der Waals surface area contributed by atoms with Gasteiger partial charge in [-0.3, -0.25) is 4.79 Å². The first kappa shape index (κ1) is 8.36. The molecular formula is C7H9NO2S. The van der Waals surface area contributed by atoms with Crippen molar-refractivity contribution in [3.05, 3.63) is 15.6 Å². The standard InChI is InChI=1S/C7H9NO2S/c1-5-8-6(2-3-9)7(4-10)11-5/h4,9H,2-3H2,1H3. The lowest BCUT2D eigenvalue weighted by atomic mass is 10.3. The zero-order valence-electron chi connectivity index (χ0n) is 6.20. The lowest BCUT2D eigenvalue weighted by Crippen LogP contribution is -1.94. The van der Waals surface area contributed by atoms with E-state index >= 15 is 0 Å². The Kier molecular flexibility index (Phi) is 2.73. The predicted octanol–water partition coefficient (Wildman–Crippen LogP) is 0.799. The molecule has 3 nitrogen and oxygen atoms in total. The van der Waals surface area contributed by atoms with Crippen LogP contribution >= 0.6 is 11.3 Å². The third-order valence-electron chi connectivity index (χ3n) is 1.29. The fraction of sp³-hybridized carbons (Fsp3) is 0.429. The Morgan fingerprint density at radius 2 is 2.45 bits per heavy atom. The first-order chi connectivity index (χ1) is 5.27. The zero-order chi connectivity index (χ0) is 8.27. The number of aryl methyl sites for hydroxylation is 1. The summed E-state index contributed by atoms with van der Waals surface area (Å²) in [6.07, 6.45) is 1.26. The number of aldehydes is 1. The SMILES string of the molecule is Cc1nc(CCO)c(C=O)s1. The minimum absolute atomic E-state index is 0.0456. The number of hydrogen-bond acceptors (Lipinski definition) is 4. The first-order valence-corrected chi connectivity index (χ1v) is 4.12. The van der Waals surface area contributed by atoms with E-state index < -0.39 is 0 Å². The van der Waals surface area contributed by atoms with Crippen LogP contribution < -0.4 is 0 Å². The van der Waals surface area contributed by atoms with Crippen LogP contribution in [0.1, 0.15) is 20.4 Å². The van der Waals surface area contributed by atoms with Gasteiger partial charge in [-0.25, -0.2) is 4.98 Å². The number of rotatable bonds is 3. The summed E-state index contributed by atoms with van der Waals surface area (Å²) >= 11 is 1.36. The normalized spacial score (nSPS) is 10.0. The summed E-state index contributed by atoms with van der Waals surface area (Å²) < 4.78 is 0. The van der Waals surface area contributed by atoms with Crippen molar-refractivity contribution in [2.24, 2.45) is 0 Å². The third-order valence-corrected chi connectivity index (χ3v) is 2.23. The Bertz CT molecular complexity index is 257. The molecule has 0 saturated heterocycles. The molecule has 0 aliphatic carbocycles. The highest BCUT2D eigenvalue weighted by atomic mass is 32.1. The number of nitrogens with zero attached hydrogens (tertiary/aromatic N) is 1. The molecule has 1 aromatic heterocycles. The number of hydrogen-bond donors (Lipinski definition) is 1. The molecule has 0 aliphatic heterocycles. The smallest absolute Gasteiger partial charge is 0.161 e. The number of aromatic nitrogens is 1. The van der Waals surface area contributed by atoms with E-state index in [1.165, 1.54) is 11.3 Å². The van der Waals surface area contributed by atoms with Gasteiger partial charge in [-0.05, 0) is 6.92 Å². The molecule has 0 fully saturated rings. The van der Waals surface area contributed by atoms with Gasteiger partial charge in [0.25, 0.3) is 0 Å². The van der Waals surface area contributed by atoms with Gasteiger partial charge < -0.3 is 5.11 Å². The van der Waals surface area contributed by atoms with Crippen LogP contribution in [-0.2, 0) is 6.42 Å². The summed E-state index contributed by atoms with van der Waals surface area (Å²) in [5.41, 5.74) is 0.713. The lowest BCUT2D eigenvalue weighted by Gasteiger charge is -1.89. The number of aliphatic hydroxyl groups is 1. The van der Waals surface area contributed by atoms with Crippen LogP contribution in [0.5, 0.6) is 0 Å². The number of thiazole rings is 1. The molecule has 11 heavy (non-hydrogen) atoms. The van der Waals surface area contributed by atoms with Crippen molar-refractivity contribution in [2.45, 2.75) is 13.3 Å². The highest BCUT2D eigenvalue weighted by molar-refractivity contribution is 7.13. The summed E-state index contributed by atoms with van der Waals surface area (Å²) in [5.74, 6) is 0. The summed E-state index contributed by atoms with van der Waals surface area (Å²) in [6, 6.07) is 0. The molecule has 1 rings (SSSR count). The second kappa shape index (κ2) is 3.59. The summed E-state index contributed by atoms with van der Waals surface area (Å²) in [7, 11) is 0. The molecule has 0 amide bonds. The molecule has 0 saturated carbocycles. The second-order valence-electron chi connectivity index (χ2n) is 2.14. The highest BCUT2D eigenvalue weighted by Crippen LogP contribution is 2.15. The van der Waals surface area contributed by atoms with Crippen molar-refractivity contribution in [3.8, 4) is 0 Å². The fourth-order valence-corrected chi connectivity index (χ4v) is 1.65. The van der Waals surface area contributed by atoms with E-state index in [1.807, 2.05) is 6.92 Å². The van der Waals surface area contributed by atoms with Crippen molar-refractivity contribution < 1.29 is 9.90 Å². The minimum Gasteiger partial charge on any atom is -0.396 e. The van der Waals surface area contributed by atoms with E-state index in [-0.39, 0.29) is 6.61 Å². The summed E-state index contributed by atoms with van der Waals surface area (Å²) in [6.45, 7) is 1.89. The van der Waals surface area contributed by atoms with Crippen LogP contribution in [0.15, 0.2) is 0 Å². The van der Waals surface area contributed by atoms with E-state index in [9.17, 15) is 4.79 Å². The van der Waals surface area contributed by atoms with Crippen LogP contribution in [-0.4, -0.2) is 23.0 Å². The van der Waals surface area contributed by atoms with E-state index in [0.29, 0.717) is 17.0 Å². The van der Waals surface area contributed by atoms with E-state index in [1.54, 1.807) is 0 Å². The molecule has 0 radical (unpaired) electrons. The Hall–Kier alpha value is -0.740. The molecule has 0 unspecified atom stereocenters. The van der Waals surface area contributed by atoms with Crippen molar-refractivity contribution in [1.29, 1.82) is 0 Å². The highest BCUT2D eigenvalue weighted by Gasteiger charge is 2.06. The summed E-state index contributed by atoms with van der Waals surface area (Å²) in [5, 5.41) is 9.47. The molecule has 1 aromatic rings. The molecule has 1 N–H and O–H groups in total. The second-order valence-corrected chi connectivity index (χ2v) is 3.37. The molecule has 0 bridgehead atoms. The number of aliphatic hydroxyl groups excluding tert-OH is 1. The molecule has 4 heteroatoms. The topological polar surface area (TPSA) is 50.2 Å². The molecule has 0 aromatic carbocycles. The zero-order valence-corrected chi connectivity index (χ0v) is 7.02. The Balaban J connectivity index is 2.92.